The van der Waals surface area contributed by atoms with E-state index in [9.17, 15) is 4.79 Å². The number of nitrogens with zero attached hydrogens (tertiary/aromatic N) is 1. The molecular formula is C14H22N2O2. The lowest BCUT2D eigenvalue weighted by atomic mass is 10.2. The zero-order valence-electron chi connectivity index (χ0n) is 11.3. The van der Waals surface area contributed by atoms with Gasteiger partial charge in [0.15, 0.2) is 0 Å². The summed E-state index contributed by atoms with van der Waals surface area (Å²) in [5, 5.41) is 12.1. The van der Waals surface area contributed by atoms with E-state index in [1.54, 1.807) is 18.2 Å². The lowest BCUT2D eigenvalue weighted by Crippen LogP contribution is -2.28. The average molecular weight is 250 g/mol. The number of anilines is 1. The van der Waals surface area contributed by atoms with Crippen molar-refractivity contribution in [3.8, 4) is 0 Å². The smallest absolute Gasteiger partial charge is 0.335 e. The summed E-state index contributed by atoms with van der Waals surface area (Å²) in [5.41, 5.74) is 1.18. The molecule has 2 N–H and O–H groups in total. The maximum Gasteiger partial charge on any atom is 0.335 e. The molecule has 1 rings (SSSR count). The molecule has 0 radical (unpaired) electrons. The van der Waals surface area contributed by atoms with Gasteiger partial charge in [-0.25, -0.2) is 4.79 Å². The van der Waals surface area contributed by atoms with E-state index in [-0.39, 0.29) is 0 Å². The highest BCUT2D eigenvalue weighted by molar-refractivity contribution is 5.88. The van der Waals surface area contributed by atoms with Crippen LogP contribution in [0.15, 0.2) is 24.3 Å². The number of nitrogens with one attached hydrogen (secondary N) is 1. The van der Waals surface area contributed by atoms with Gasteiger partial charge in [0.25, 0.3) is 0 Å². The van der Waals surface area contributed by atoms with Crippen LogP contribution in [-0.4, -0.2) is 42.2 Å². The van der Waals surface area contributed by atoms with Gasteiger partial charge in [-0.05, 0) is 52.1 Å². The van der Waals surface area contributed by atoms with Gasteiger partial charge in [0, 0.05) is 18.3 Å². The summed E-state index contributed by atoms with van der Waals surface area (Å²) in [6.45, 7) is 6.22. The minimum absolute atomic E-state index is 0.319. The van der Waals surface area contributed by atoms with Crippen molar-refractivity contribution in [3.05, 3.63) is 29.8 Å². The van der Waals surface area contributed by atoms with E-state index < -0.39 is 5.97 Å². The minimum atomic E-state index is -0.891. The molecular weight excluding hydrogens is 228 g/mol. The van der Waals surface area contributed by atoms with Gasteiger partial charge in [-0.15, -0.1) is 0 Å². The molecule has 0 aliphatic heterocycles. The average Bonchev–Trinajstić information content (AvgIpc) is 2.34. The predicted molar refractivity (Wildman–Crippen MR) is 74.3 cm³/mol. The van der Waals surface area contributed by atoms with Gasteiger partial charge in [0.1, 0.15) is 0 Å². The summed E-state index contributed by atoms with van der Waals surface area (Å²) < 4.78 is 0. The van der Waals surface area contributed by atoms with Gasteiger partial charge in [-0.3, -0.25) is 0 Å². The second-order valence-corrected chi connectivity index (χ2v) is 4.74. The highest BCUT2D eigenvalue weighted by Crippen LogP contribution is 2.10. The molecule has 1 aromatic carbocycles. The van der Waals surface area contributed by atoms with Gasteiger partial charge in [-0.2, -0.15) is 0 Å². The SMILES string of the molecule is CC(C)N(C)CCCNc1cccc(C(=O)O)c1. The van der Waals surface area contributed by atoms with Crippen LogP contribution in [0.1, 0.15) is 30.6 Å². The number of benzene rings is 1. The quantitative estimate of drug-likeness (QED) is 0.730. The topological polar surface area (TPSA) is 52.6 Å². The molecule has 18 heavy (non-hydrogen) atoms. The van der Waals surface area contributed by atoms with Crippen molar-refractivity contribution in [2.45, 2.75) is 26.3 Å². The lowest BCUT2D eigenvalue weighted by Gasteiger charge is -2.20. The third-order valence-corrected chi connectivity index (χ3v) is 3.01. The van der Waals surface area contributed by atoms with Crippen LogP contribution in [0, 0.1) is 0 Å². The summed E-state index contributed by atoms with van der Waals surface area (Å²) in [7, 11) is 2.11. The number of rotatable bonds is 7. The van der Waals surface area contributed by atoms with Crippen molar-refractivity contribution >= 4 is 11.7 Å². The number of carbonyl (C=O) groups is 1. The number of hydrogen-bond donors (Lipinski definition) is 2. The molecule has 4 heteroatoms. The maximum absolute atomic E-state index is 10.8. The Morgan fingerprint density at radius 1 is 1.44 bits per heavy atom. The third kappa shape index (κ3) is 4.75. The summed E-state index contributed by atoms with van der Waals surface area (Å²) in [5.74, 6) is -0.891. The molecule has 0 saturated carbocycles. The fourth-order valence-electron chi connectivity index (χ4n) is 1.58. The van der Waals surface area contributed by atoms with Crippen molar-refractivity contribution in [1.29, 1.82) is 0 Å². The predicted octanol–water partition coefficient (Wildman–Crippen LogP) is 2.53. The summed E-state index contributed by atoms with van der Waals surface area (Å²) in [6, 6.07) is 7.46. The van der Waals surface area contributed by atoms with E-state index >= 15 is 0 Å². The van der Waals surface area contributed by atoms with Crippen molar-refractivity contribution in [1.82, 2.24) is 4.90 Å². The van der Waals surface area contributed by atoms with Crippen LogP contribution in [0.5, 0.6) is 0 Å². The molecule has 4 nitrogen and oxygen atoms in total. The first-order valence-corrected chi connectivity index (χ1v) is 6.28. The van der Waals surface area contributed by atoms with Crippen LogP contribution in [-0.2, 0) is 0 Å². The lowest BCUT2D eigenvalue weighted by molar-refractivity contribution is 0.0697. The molecule has 0 aliphatic rings. The highest BCUT2D eigenvalue weighted by Gasteiger charge is 2.04. The first-order chi connectivity index (χ1) is 8.50. The van der Waals surface area contributed by atoms with Gasteiger partial charge in [-0.1, -0.05) is 6.07 Å². The van der Waals surface area contributed by atoms with Crippen LogP contribution < -0.4 is 5.32 Å². The molecule has 0 saturated heterocycles. The molecule has 0 aromatic heterocycles. The van der Waals surface area contributed by atoms with E-state index in [0.717, 1.165) is 25.2 Å². The van der Waals surface area contributed by atoms with E-state index in [4.69, 9.17) is 5.11 Å². The molecule has 1 aromatic rings. The van der Waals surface area contributed by atoms with Crippen molar-refractivity contribution < 1.29 is 9.90 Å². The standard InChI is InChI=1S/C14H22N2O2/c1-11(2)16(3)9-5-8-15-13-7-4-6-12(10-13)14(17)18/h4,6-7,10-11,15H,5,8-9H2,1-3H3,(H,17,18). The van der Waals surface area contributed by atoms with E-state index in [1.807, 2.05) is 6.07 Å². The second-order valence-electron chi connectivity index (χ2n) is 4.74. The highest BCUT2D eigenvalue weighted by atomic mass is 16.4. The number of carboxylic acid groups (broad SMARTS) is 1. The first-order valence-electron chi connectivity index (χ1n) is 6.28. The Kier molecular flexibility index (Phi) is 5.65. The first kappa shape index (κ1) is 14.5. The van der Waals surface area contributed by atoms with Crippen molar-refractivity contribution in [2.24, 2.45) is 0 Å². The summed E-state index contributed by atoms with van der Waals surface area (Å²) >= 11 is 0. The van der Waals surface area contributed by atoms with Gasteiger partial charge >= 0.3 is 5.97 Å². The Morgan fingerprint density at radius 2 is 2.17 bits per heavy atom. The zero-order chi connectivity index (χ0) is 13.5. The molecule has 0 heterocycles. The monoisotopic (exact) mass is 250 g/mol. The Balaban J connectivity index is 2.35. The second kappa shape index (κ2) is 7.01. The fourth-order valence-corrected chi connectivity index (χ4v) is 1.58. The number of aromatic carboxylic acids is 1. The van der Waals surface area contributed by atoms with E-state index in [1.165, 1.54) is 0 Å². The minimum Gasteiger partial charge on any atom is -0.478 e. The van der Waals surface area contributed by atoms with E-state index in [0.29, 0.717) is 11.6 Å². The van der Waals surface area contributed by atoms with Crippen molar-refractivity contribution in [3.63, 3.8) is 0 Å². The maximum atomic E-state index is 10.8. The fraction of sp³-hybridized carbons (Fsp3) is 0.500. The largest absolute Gasteiger partial charge is 0.478 e. The van der Waals surface area contributed by atoms with Crippen molar-refractivity contribution in [2.75, 3.05) is 25.5 Å². The number of carboxylic acids is 1. The molecule has 0 aliphatic carbocycles. The van der Waals surface area contributed by atoms with Crippen LogP contribution >= 0.6 is 0 Å². The van der Waals surface area contributed by atoms with Gasteiger partial charge < -0.3 is 15.3 Å². The zero-order valence-corrected chi connectivity index (χ0v) is 11.3. The summed E-state index contributed by atoms with van der Waals surface area (Å²) in [4.78, 5) is 13.1. The molecule has 0 amide bonds. The van der Waals surface area contributed by atoms with Crippen LogP contribution in [0.25, 0.3) is 0 Å². The molecule has 0 atom stereocenters. The Bertz CT molecular complexity index is 391. The Morgan fingerprint density at radius 3 is 2.78 bits per heavy atom. The Hall–Kier alpha value is -1.55. The molecule has 0 unspecified atom stereocenters. The van der Waals surface area contributed by atoms with E-state index in [2.05, 4.69) is 31.1 Å². The Labute approximate surface area is 109 Å². The summed E-state index contributed by atoms with van der Waals surface area (Å²) in [6.07, 6.45) is 1.03. The molecule has 0 spiro atoms. The molecule has 100 valence electrons. The van der Waals surface area contributed by atoms with Crippen LogP contribution in [0.2, 0.25) is 0 Å². The van der Waals surface area contributed by atoms with Crippen LogP contribution in [0.4, 0.5) is 5.69 Å². The third-order valence-electron chi connectivity index (χ3n) is 3.01. The van der Waals surface area contributed by atoms with Gasteiger partial charge in [0.05, 0.1) is 5.56 Å². The van der Waals surface area contributed by atoms with Gasteiger partial charge in [0.2, 0.25) is 0 Å². The molecule has 0 fully saturated rings. The molecule has 0 bridgehead atoms. The number of hydrogen-bond acceptors (Lipinski definition) is 3. The normalized spacial score (nSPS) is 10.9. The van der Waals surface area contributed by atoms with Crippen LogP contribution in [0.3, 0.4) is 0 Å².